The summed E-state index contributed by atoms with van der Waals surface area (Å²) in [5.41, 5.74) is 0.841. The number of hydrogen-bond donors (Lipinski definition) is 1. The Morgan fingerprint density at radius 2 is 1.83 bits per heavy atom. The van der Waals surface area contributed by atoms with Crippen LogP contribution in [0.4, 0.5) is 0 Å². The summed E-state index contributed by atoms with van der Waals surface area (Å²) in [6.45, 7) is 4.17. The fourth-order valence-corrected chi connectivity index (χ4v) is 3.80. The van der Waals surface area contributed by atoms with Crippen molar-refractivity contribution in [1.29, 1.82) is 0 Å². The van der Waals surface area contributed by atoms with E-state index in [0.717, 1.165) is 50.3 Å². The number of ether oxygens (including phenoxy) is 1. The van der Waals surface area contributed by atoms with Gasteiger partial charge >= 0.3 is 0 Å². The van der Waals surface area contributed by atoms with E-state index in [9.17, 15) is 9.90 Å². The van der Waals surface area contributed by atoms with Crippen molar-refractivity contribution < 1.29 is 14.6 Å². The lowest BCUT2D eigenvalue weighted by Gasteiger charge is -2.36. The normalized spacial score (nSPS) is 19.2. The number of aromatic hydroxyl groups is 1. The van der Waals surface area contributed by atoms with Crippen LogP contribution in [0.5, 0.6) is 11.5 Å². The van der Waals surface area contributed by atoms with Gasteiger partial charge in [-0.1, -0.05) is 13.0 Å². The van der Waals surface area contributed by atoms with Crippen LogP contribution in [0.3, 0.4) is 0 Å². The maximum absolute atomic E-state index is 13.0. The fourth-order valence-electron chi connectivity index (χ4n) is 3.80. The summed E-state index contributed by atoms with van der Waals surface area (Å²) in [5, 5.41) is 9.72. The quantitative estimate of drug-likeness (QED) is 0.465. The first kappa shape index (κ1) is 25.3. The van der Waals surface area contributed by atoms with Gasteiger partial charge in [-0.3, -0.25) is 4.79 Å². The molecule has 0 bridgehead atoms. The zero-order valence-corrected chi connectivity index (χ0v) is 19.1. The molecule has 1 saturated carbocycles. The maximum Gasteiger partial charge on any atom is 0.246 e. The van der Waals surface area contributed by atoms with Gasteiger partial charge in [0.15, 0.2) is 11.5 Å². The number of unbranched alkanes of at least 4 members (excludes halogenated alkanes) is 1. The summed E-state index contributed by atoms with van der Waals surface area (Å²) in [6, 6.07) is 5.46. The van der Waals surface area contributed by atoms with Crippen LogP contribution in [0.25, 0.3) is 6.08 Å². The van der Waals surface area contributed by atoms with Crippen LogP contribution < -0.4 is 4.74 Å². The molecule has 0 unspecified atom stereocenters. The van der Waals surface area contributed by atoms with Crippen LogP contribution >= 0.6 is 12.4 Å². The number of benzene rings is 1. The van der Waals surface area contributed by atoms with Gasteiger partial charge < -0.3 is 19.6 Å². The summed E-state index contributed by atoms with van der Waals surface area (Å²) >= 11 is 0. The number of hydrogen-bond acceptors (Lipinski definition) is 4. The summed E-state index contributed by atoms with van der Waals surface area (Å²) in [4.78, 5) is 17.3. The van der Waals surface area contributed by atoms with Gasteiger partial charge in [-0.15, -0.1) is 12.4 Å². The van der Waals surface area contributed by atoms with Gasteiger partial charge in [0.2, 0.25) is 5.91 Å². The van der Waals surface area contributed by atoms with Gasteiger partial charge in [-0.25, -0.2) is 0 Å². The van der Waals surface area contributed by atoms with E-state index >= 15 is 0 Å². The molecule has 0 atom stereocenters. The number of carbonyl (C=O) groups excluding carboxylic acids is 1. The summed E-state index contributed by atoms with van der Waals surface area (Å²) in [5.74, 6) is 1.36. The summed E-state index contributed by atoms with van der Waals surface area (Å²) in [6.07, 6.45) is 10.2. The molecule has 0 saturated heterocycles. The van der Waals surface area contributed by atoms with Gasteiger partial charge in [0, 0.05) is 18.7 Å². The van der Waals surface area contributed by atoms with Crippen LogP contribution in [-0.4, -0.2) is 61.2 Å². The van der Waals surface area contributed by atoms with Gasteiger partial charge in [0.05, 0.1) is 7.11 Å². The molecule has 0 radical (unpaired) electrons. The molecule has 1 aromatic rings. The van der Waals surface area contributed by atoms with Crippen molar-refractivity contribution in [2.24, 2.45) is 5.92 Å². The predicted molar refractivity (Wildman–Crippen MR) is 122 cm³/mol. The number of halogens is 1. The van der Waals surface area contributed by atoms with Crippen molar-refractivity contribution in [2.75, 3.05) is 34.3 Å². The Hall–Kier alpha value is -1.72. The average Bonchev–Trinajstić information content (AvgIpc) is 2.68. The first-order valence-electron chi connectivity index (χ1n) is 10.4. The third-order valence-electron chi connectivity index (χ3n) is 5.59. The number of nitrogens with zero attached hydrogens (tertiary/aromatic N) is 2. The molecule has 6 heteroatoms. The van der Waals surface area contributed by atoms with Crippen molar-refractivity contribution >= 4 is 24.4 Å². The first-order valence-corrected chi connectivity index (χ1v) is 10.4. The highest BCUT2D eigenvalue weighted by atomic mass is 35.5. The first-order chi connectivity index (χ1) is 13.4. The Labute approximate surface area is 182 Å². The third kappa shape index (κ3) is 8.27. The van der Waals surface area contributed by atoms with Crippen molar-refractivity contribution in [3.8, 4) is 11.5 Å². The largest absolute Gasteiger partial charge is 0.504 e. The molecule has 0 aliphatic heterocycles. The highest BCUT2D eigenvalue weighted by molar-refractivity contribution is 5.92. The monoisotopic (exact) mass is 424 g/mol. The number of phenols is 1. The molecule has 1 aliphatic carbocycles. The number of carbonyl (C=O) groups is 1. The highest BCUT2D eigenvalue weighted by Crippen LogP contribution is 2.29. The van der Waals surface area contributed by atoms with Crippen LogP contribution in [0.15, 0.2) is 24.3 Å². The molecular weight excluding hydrogens is 388 g/mol. The molecule has 1 amide bonds. The Morgan fingerprint density at radius 3 is 2.45 bits per heavy atom. The lowest BCUT2D eigenvalue weighted by molar-refractivity contribution is -0.129. The van der Waals surface area contributed by atoms with Crippen LogP contribution in [0.1, 0.15) is 51.0 Å². The second-order valence-electron chi connectivity index (χ2n) is 8.22. The molecule has 1 aliphatic rings. The minimum Gasteiger partial charge on any atom is -0.504 e. The van der Waals surface area contributed by atoms with Gasteiger partial charge in [0.25, 0.3) is 0 Å². The van der Waals surface area contributed by atoms with Crippen LogP contribution in [0, 0.1) is 5.92 Å². The third-order valence-corrected chi connectivity index (χ3v) is 5.59. The Kier molecular flexibility index (Phi) is 11.1. The van der Waals surface area contributed by atoms with Crippen molar-refractivity contribution in [3.05, 3.63) is 29.8 Å². The minimum absolute atomic E-state index is 0. The van der Waals surface area contributed by atoms with Gasteiger partial charge in [0.1, 0.15) is 0 Å². The number of methoxy groups -OCH3 is 1. The average molecular weight is 425 g/mol. The Bertz CT molecular complexity index is 656. The molecule has 5 nitrogen and oxygen atoms in total. The van der Waals surface area contributed by atoms with E-state index in [-0.39, 0.29) is 24.1 Å². The second-order valence-corrected chi connectivity index (χ2v) is 8.22. The number of phenolic OH excluding ortho intramolecular Hbond substituents is 1. The molecule has 0 heterocycles. The van der Waals surface area contributed by atoms with E-state index < -0.39 is 0 Å². The van der Waals surface area contributed by atoms with E-state index in [4.69, 9.17) is 4.74 Å². The molecule has 0 spiro atoms. The number of rotatable bonds is 9. The van der Waals surface area contributed by atoms with E-state index in [2.05, 4.69) is 30.8 Å². The van der Waals surface area contributed by atoms with Crippen molar-refractivity contribution in [1.82, 2.24) is 9.80 Å². The van der Waals surface area contributed by atoms with Crippen LogP contribution in [-0.2, 0) is 4.79 Å². The van der Waals surface area contributed by atoms with Gasteiger partial charge in [-0.2, -0.15) is 0 Å². The Balaban J connectivity index is 0.00000420. The minimum atomic E-state index is 0. The fraction of sp³-hybridized carbons (Fsp3) is 0.609. The standard InChI is InChI=1S/C23H36N2O3.ClH/c1-18-7-11-20(12-8-18)25(16-6-5-15-24(2)3)23(27)14-10-19-9-13-21(26)22(17-19)28-4;/h9-10,13-14,17-18,20,26H,5-8,11-12,15-16H2,1-4H3;1H. The zero-order valence-electron chi connectivity index (χ0n) is 18.3. The van der Waals surface area contributed by atoms with Crippen molar-refractivity contribution in [2.45, 2.75) is 51.5 Å². The molecule has 164 valence electrons. The van der Waals surface area contributed by atoms with E-state index in [0.29, 0.717) is 11.8 Å². The van der Waals surface area contributed by atoms with E-state index in [1.54, 1.807) is 24.3 Å². The Morgan fingerprint density at radius 1 is 1.17 bits per heavy atom. The lowest BCUT2D eigenvalue weighted by Crippen LogP contribution is -2.42. The lowest BCUT2D eigenvalue weighted by atomic mass is 9.86. The molecule has 29 heavy (non-hydrogen) atoms. The van der Waals surface area contributed by atoms with E-state index in [1.807, 2.05) is 6.08 Å². The second kappa shape index (κ2) is 12.8. The van der Waals surface area contributed by atoms with Gasteiger partial charge in [-0.05, 0) is 88.9 Å². The summed E-state index contributed by atoms with van der Waals surface area (Å²) in [7, 11) is 5.69. The number of amides is 1. The van der Waals surface area contributed by atoms with Crippen molar-refractivity contribution in [3.63, 3.8) is 0 Å². The molecular formula is C23H37ClN2O3. The topological polar surface area (TPSA) is 53.0 Å². The zero-order chi connectivity index (χ0) is 20.5. The summed E-state index contributed by atoms with van der Waals surface area (Å²) < 4.78 is 5.15. The highest BCUT2D eigenvalue weighted by Gasteiger charge is 2.26. The SMILES string of the molecule is COc1cc(C=CC(=O)N(CCCCN(C)C)C2CCC(C)CC2)ccc1O.Cl. The van der Waals surface area contributed by atoms with E-state index in [1.165, 1.54) is 20.0 Å². The molecule has 0 aromatic heterocycles. The molecule has 2 rings (SSSR count). The maximum atomic E-state index is 13.0. The molecule has 1 N–H and O–H groups in total. The van der Waals surface area contributed by atoms with Crippen LogP contribution in [0.2, 0.25) is 0 Å². The smallest absolute Gasteiger partial charge is 0.246 e. The molecule has 1 aromatic carbocycles. The molecule has 1 fully saturated rings. The predicted octanol–water partition coefficient (Wildman–Crippen LogP) is 4.58.